The summed E-state index contributed by atoms with van der Waals surface area (Å²) >= 11 is 0. The number of amides is 2. The van der Waals surface area contributed by atoms with Gasteiger partial charge in [0.2, 0.25) is 16.3 Å². The van der Waals surface area contributed by atoms with E-state index in [1.165, 1.54) is 24.3 Å². The predicted octanol–water partition coefficient (Wildman–Crippen LogP) is -3.06. The molecule has 2 aliphatic heterocycles. The number of carbonyl (C=O) groups is 7. The summed E-state index contributed by atoms with van der Waals surface area (Å²) in [6.45, 7) is 2.23. The molecule has 2 aromatic rings. The van der Waals surface area contributed by atoms with E-state index in [2.05, 4.69) is 10.6 Å². The van der Waals surface area contributed by atoms with Crippen molar-refractivity contribution in [2.45, 2.75) is 95.7 Å². The summed E-state index contributed by atoms with van der Waals surface area (Å²) in [5, 5.41) is 4.90. The second-order valence-electron chi connectivity index (χ2n) is 13.3. The van der Waals surface area contributed by atoms with Gasteiger partial charge in [0.05, 0.1) is 19.3 Å². The Morgan fingerprint density at radius 1 is 0.730 bits per heavy atom. The molecule has 2 aliphatic rings. The van der Waals surface area contributed by atoms with Crippen LogP contribution in [0, 0.1) is 0 Å². The maximum absolute atomic E-state index is 13.1. The van der Waals surface area contributed by atoms with Crippen molar-refractivity contribution >= 4 is 52.2 Å². The number of nitrogens with one attached hydrogen (secondary N) is 2. The van der Waals surface area contributed by atoms with Gasteiger partial charge in [-0.25, -0.2) is 22.8 Å². The monoisotopic (exact) mass is 920 g/mol. The summed E-state index contributed by atoms with van der Waals surface area (Å²) in [6.07, 6.45) is -18.5. The molecule has 23 nitrogen and oxygen atoms in total. The molecular weight excluding hydrogens is 875 g/mol. The number of hydrogen-bond acceptors (Lipinski definition) is 21. The smallest absolute Gasteiger partial charge is 0.726 e. The Labute approximate surface area is 383 Å². The molecule has 0 spiro atoms. The molecule has 0 aliphatic carbocycles. The van der Waals surface area contributed by atoms with E-state index in [1.54, 1.807) is 36.4 Å². The molecule has 2 amide bonds. The second-order valence-corrected chi connectivity index (χ2v) is 14.3. The molecule has 63 heavy (non-hydrogen) atoms. The van der Waals surface area contributed by atoms with Crippen LogP contribution in [0.15, 0.2) is 60.7 Å². The van der Waals surface area contributed by atoms with Gasteiger partial charge in [-0.05, 0) is 17.7 Å². The molecule has 0 radical (unpaired) electrons. The van der Waals surface area contributed by atoms with Crippen molar-refractivity contribution in [3.63, 3.8) is 0 Å². The fourth-order valence-corrected chi connectivity index (χ4v) is 6.75. The van der Waals surface area contributed by atoms with Gasteiger partial charge in [-0.15, -0.1) is 0 Å². The van der Waals surface area contributed by atoms with Crippen molar-refractivity contribution in [2.75, 3.05) is 26.9 Å². The van der Waals surface area contributed by atoms with Crippen LogP contribution >= 0.6 is 0 Å². The Hall–Kier alpha value is -4.76. The number of benzene rings is 2. The number of ether oxygens (including phenoxy) is 10. The minimum atomic E-state index is -5.75. The number of carbonyl (C=O) groups excluding carboxylic acids is 7. The quantitative estimate of drug-likeness (QED) is 0.0375. The van der Waals surface area contributed by atoms with Gasteiger partial charge in [-0.1, -0.05) is 48.5 Å². The summed E-state index contributed by atoms with van der Waals surface area (Å²) < 4.78 is 97.4. The van der Waals surface area contributed by atoms with E-state index in [9.17, 15) is 46.5 Å². The Kier molecular flexibility index (Phi) is 20.8. The van der Waals surface area contributed by atoms with Crippen molar-refractivity contribution in [1.82, 2.24) is 10.6 Å². The van der Waals surface area contributed by atoms with Crippen LogP contribution in [-0.2, 0) is 92.5 Å². The van der Waals surface area contributed by atoms with Crippen molar-refractivity contribution in [3.05, 3.63) is 71.8 Å². The van der Waals surface area contributed by atoms with E-state index < -0.39 is 127 Å². The topological polar surface area (TPSA) is 302 Å². The molecular formula is C38H45N2NaO21S. The van der Waals surface area contributed by atoms with Crippen LogP contribution in [0.3, 0.4) is 0 Å². The number of esters is 5. The van der Waals surface area contributed by atoms with Crippen LogP contribution in [0.5, 0.6) is 0 Å². The van der Waals surface area contributed by atoms with Crippen molar-refractivity contribution < 1.29 is 128 Å². The molecule has 4 rings (SSSR count). The molecule has 2 saturated heterocycles. The van der Waals surface area contributed by atoms with Gasteiger partial charge < -0.3 is 62.6 Å². The molecule has 0 unspecified atom stereocenters. The number of methoxy groups -OCH3 is 1. The molecule has 10 atom stereocenters. The van der Waals surface area contributed by atoms with Crippen LogP contribution in [-0.4, -0.2) is 143 Å². The first-order valence-electron chi connectivity index (χ1n) is 18.6. The Morgan fingerprint density at radius 3 is 1.89 bits per heavy atom. The minimum Gasteiger partial charge on any atom is -0.726 e. The largest absolute Gasteiger partial charge is 1.00 e. The summed E-state index contributed by atoms with van der Waals surface area (Å²) in [7, 11) is -4.82. The zero-order valence-corrected chi connectivity index (χ0v) is 37.7. The normalized spacial score (nSPS) is 25.4. The Morgan fingerprint density at radius 2 is 1.32 bits per heavy atom. The van der Waals surface area contributed by atoms with Gasteiger partial charge in [0.25, 0.3) is 0 Å². The van der Waals surface area contributed by atoms with Crippen LogP contribution in [0.1, 0.15) is 43.6 Å². The van der Waals surface area contributed by atoms with Crippen molar-refractivity contribution in [1.29, 1.82) is 0 Å². The first-order valence-corrected chi connectivity index (χ1v) is 20.0. The van der Waals surface area contributed by atoms with Crippen LogP contribution in [0.2, 0.25) is 0 Å². The predicted molar refractivity (Wildman–Crippen MR) is 200 cm³/mol. The second kappa shape index (κ2) is 24.9. The number of alkyl carbamates (subject to hydrolysis) is 1. The maximum Gasteiger partial charge on any atom is 1.00 e. The molecule has 0 bridgehead atoms. The molecule has 2 N–H and O–H groups in total. The number of hydrogen-bond donors (Lipinski definition) is 2. The molecule has 0 aromatic heterocycles. The summed E-state index contributed by atoms with van der Waals surface area (Å²) in [5.74, 6) is -6.12. The van der Waals surface area contributed by atoms with Crippen LogP contribution < -0.4 is 40.2 Å². The van der Waals surface area contributed by atoms with E-state index in [-0.39, 0.29) is 48.3 Å². The Balaban J connectivity index is 0.0000106. The Bertz CT molecular complexity index is 1990. The van der Waals surface area contributed by atoms with Gasteiger partial charge in [-0.3, -0.25) is 23.4 Å². The SMILES string of the molecule is COC(=O)[C@H]1O[C@@H](O[C@@H]2[C@@H](NC(C)=O)[C@H](OCCNC(=O)OCc3ccccc3)O[C@H](COC(=O)c3ccccc3)[C@@H]2OS(=O)(=O)[O-])[C@H](OC(C)=O)[C@@H](OC(C)=O)[C@@H]1OC(C)=O.[Na+]. The maximum atomic E-state index is 13.1. The fraction of sp³-hybridized carbons (Fsp3) is 0.500. The summed E-state index contributed by atoms with van der Waals surface area (Å²) in [5.41, 5.74) is 0.748. The van der Waals surface area contributed by atoms with Crippen molar-refractivity contribution in [3.8, 4) is 0 Å². The van der Waals surface area contributed by atoms with Gasteiger partial charge in [0.15, 0.2) is 37.0 Å². The first-order chi connectivity index (χ1) is 29.4. The first kappa shape index (κ1) is 52.6. The average molecular weight is 921 g/mol. The zero-order chi connectivity index (χ0) is 45.6. The molecule has 340 valence electrons. The van der Waals surface area contributed by atoms with Crippen molar-refractivity contribution in [2.24, 2.45) is 0 Å². The van der Waals surface area contributed by atoms with E-state index in [0.29, 0.717) is 5.56 Å². The van der Waals surface area contributed by atoms with Crippen LogP contribution in [0.4, 0.5) is 4.79 Å². The van der Waals surface area contributed by atoms with E-state index in [0.717, 1.165) is 34.8 Å². The molecule has 2 aromatic carbocycles. The zero-order valence-electron chi connectivity index (χ0n) is 34.9. The fourth-order valence-electron chi connectivity index (χ4n) is 6.24. The summed E-state index contributed by atoms with van der Waals surface area (Å²) in [6, 6.07) is 14.5. The average Bonchev–Trinajstić information content (AvgIpc) is 3.20. The number of rotatable bonds is 18. The van der Waals surface area contributed by atoms with E-state index >= 15 is 0 Å². The van der Waals surface area contributed by atoms with Gasteiger partial charge in [0.1, 0.15) is 37.6 Å². The minimum absolute atomic E-state index is 0. The molecule has 2 heterocycles. The third-order valence-electron chi connectivity index (χ3n) is 8.63. The van der Waals surface area contributed by atoms with Gasteiger partial charge in [-0.2, -0.15) is 0 Å². The molecule has 0 saturated carbocycles. The van der Waals surface area contributed by atoms with Gasteiger partial charge >= 0.3 is 65.5 Å². The third kappa shape index (κ3) is 16.4. The third-order valence-corrected chi connectivity index (χ3v) is 9.08. The molecule has 2 fully saturated rings. The van der Waals surface area contributed by atoms with E-state index in [4.69, 9.17) is 51.6 Å². The standard InChI is InChI=1S/C38H46N2O21S.Na/c1-20(41)40-27-29(59-37-33(57-23(4)44)31(56-22(3)43)30(55-21(2)42)32(60-37)35(46)51-5)28(61-62(48,49)50)26(19-53-34(45)25-14-10-7-11-15-25)58-36(27)52-17-16-39-38(47)54-18-24-12-8-6-9-13-24;/h6-15,26-33,36-37H,16-19H2,1-5H3,(H,39,47)(H,40,41)(H,48,49,50);/q;+1/p-1/t26-,27-,28+,29-,30+,31+,32+,33-,36-,37-;/m1./s1. The van der Waals surface area contributed by atoms with E-state index in [1.807, 2.05) is 0 Å². The summed E-state index contributed by atoms with van der Waals surface area (Å²) in [4.78, 5) is 88.5. The molecule has 25 heteroatoms. The van der Waals surface area contributed by atoms with Gasteiger partial charge in [0, 0.05) is 34.2 Å². The van der Waals surface area contributed by atoms with Crippen LogP contribution in [0.25, 0.3) is 0 Å².